The van der Waals surface area contributed by atoms with Crippen molar-refractivity contribution < 1.29 is 19.4 Å². The van der Waals surface area contributed by atoms with E-state index in [0.717, 1.165) is 0 Å². The quantitative estimate of drug-likeness (QED) is 0.756. The van der Waals surface area contributed by atoms with E-state index < -0.39 is 11.9 Å². The maximum atomic E-state index is 11.9. The lowest BCUT2D eigenvalue weighted by Gasteiger charge is -2.30. The van der Waals surface area contributed by atoms with E-state index in [9.17, 15) is 9.59 Å². The van der Waals surface area contributed by atoms with Crippen molar-refractivity contribution in [3.8, 4) is 0 Å². The third-order valence-corrected chi connectivity index (χ3v) is 2.78. The maximum absolute atomic E-state index is 11.9. The standard InChI is InChI=1S/C11H20N2O4/c1-4-13(11(16)12-7(2)3)9-6-17-5-8(9)10(14)15/h7-9H,4-6H2,1-3H3,(H,12,16)(H,14,15). The Morgan fingerprint density at radius 3 is 2.59 bits per heavy atom. The van der Waals surface area contributed by atoms with Crippen LogP contribution in [0.25, 0.3) is 0 Å². The molecule has 0 bridgehead atoms. The minimum Gasteiger partial charge on any atom is -0.481 e. The van der Waals surface area contributed by atoms with Gasteiger partial charge in [0.15, 0.2) is 0 Å². The van der Waals surface area contributed by atoms with Gasteiger partial charge in [0.05, 0.1) is 19.3 Å². The van der Waals surface area contributed by atoms with Gasteiger partial charge in [0.25, 0.3) is 0 Å². The Hall–Kier alpha value is -1.30. The summed E-state index contributed by atoms with van der Waals surface area (Å²) in [6.07, 6.45) is 0. The van der Waals surface area contributed by atoms with E-state index in [1.165, 1.54) is 4.90 Å². The molecule has 2 unspecified atom stereocenters. The SMILES string of the molecule is CCN(C(=O)NC(C)C)C1COCC1C(=O)O. The number of rotatable bonds is 4. The molecule has 2 atom stereocenters. The van der Waals surface area contributed by atoms with Crippen LogP contribution >= 0.6 is 0 Å². The van der Waals surface area contributed by atoms with E-state index in [1.54, 1.807) is 0 Å². The second-order valence-corrected chi connectivity index (χ2v) is 4.44. The minimum absolute atomic E-state index is 0.0298. The van der Waals surface area contributed by atoms with Gasteiger partial charge in [-0.1, -0.05) is 0 Å². The summed E-state index contributed by atoms with van der Waals surface area (Å²) in [5.41, 5.74) is 0. The molecule has 6 heteroatoms. The van der Waals surface area contributed by atoms with Crippen LogP contribution in [-0.2, 0) is 9.53 Å². The fourth-order valence-corrected chi connectivity index (χ4v) is 1.94. The molecule has 98 valence electrons. The summed E-state index contributed by atoms with van der Waals surface area (Å²) in [5, 5.41) is 11.8. The summed E-state index contributed by atoms with van der Waals surface area (Å²) in [5.74, 6) is -1.55. The number of urea groups is 1. The maximum Gasteiger partial charge on any atom is 0.317 e. The van der Waals surface area contributed by atoms with Gasteiger partial charge in [-0.2, -0.15) is 0 Å². The molecular weight excluding hydrogens is 224 g/mol. The van der Waals surface area contributed by atoms with Crippen LogP contribution < -0.4 is 5.32 Å². The Labute approximate surface area is 101 Å². The number of amides is 2. The molecule has 1 aliphatic heterocycles. The highest BCUT2D eigenvalue weighted by molar-refractivity contribution is 5.77. The van der Waals surface area contributed by atoms with Gasteiger partial charge < -0.3 is 20.1 Å². The summed E-state index contributed by atoms with van der Waals surface area (Å²) in [6.45, 7) is 6.49. The topological polar surface area (TPSA) is 78.9 Å². The number of carboxylic acid groups (broad SMARTS) is 1. The van der Waals surface area contributed by atoms with Crippen molar-refractivity contribution in [3.63, 3.8) is 0 Å². The number of ether oxygens (including phenoxy) is 1. The first-order valence-corrected chi connectivity index (χ1v) is 5.85. The highest BCUT2D eigenvalue weighted by Gasteiger charge is 2.39. The molecule has 0 aromatic heterocycles. The molecule has 1 heterocycles. The Morgan fingerprint density at radius 1 is 1.47 bits per heavy atom. The highest BCUT2D eigenvalue weighted by Crippen LogP contribution is 2.20. The van der Waals surface area contributed by atoms with Crippen LogP contribution in [-0.4, -0.2) is 53.8 Å². The van der Waals surface area contributed by atoms with Gasteiger partial charge in [-0.05, 0) is 20.8 Å². The fraction of sp³-hybridized carbons (Fsp3) is 0.818. The van der Waals surface area contributed by atoms with Gasteiger partial charge in [0, 0.05) is 12.6 Å². The van der Waals surface area contributed by atoms with Crippen LogP contribution in [0.4, 0.5) is 4.79 Å². The van der Waals surface area contributed by atoms with E-state index in [1.807, 2.05) is 20.8 Å². The Kier molecular flexibility index (Phi) is 4.74. The van der Waals surface area contributed by atoms with Crippen molar-refractivity contribution in [1.82, 2.24) is 10.2 Å². The lowest BCUT2D eigenvalue weighted by molar-refractivity contribution is -0.142. The Balaban J connectivity index is 2.72. The Bertz CT molecular complexity index is 293. The lowest BCUT2D eigenvalue weighted by Crippen LogP contribution is -2.51. The fourth-order valence-electron chi connectivity index (χ4n) is 1.94. The van der Waals surface area contributed by atoms with Crippen LogP contribution in [0.5, 0.6) is 0 Å². The number of hydrogen-bond acceptors (Lipinski definition) is 3. The predicted molar refractivity (Wildman–Crippen MR) is 61.8 cm³/mol. The number of nitrogens with one attached hydrogen (secondary N) is 1. The van der Waals surface area contributed by atoms with Crippen LogP contribution in [0.15, 0.2) is 0 Å². The average molecular weight is 244 g/mol. The minimum atomic E-state index is -0.914. The monoisotopic (exact) mass is 244 g/mol. The molecule has 0 aromatic rings. The summed E-state index contributed by atoms with van der Waals surface area (Å²) in [4.78, 5) is 24.5. The molecule has 2 N–H and O–H groups in total. The molecule has 0 aliphatic carbocycles. The zero-order chi connectivity index (χ0) is 13.0. The third kappa shape index (κ3) is 3.33. The van der Waals surface area contributed by atoms with Gasteiger partial charge in [-0.15, -0.1) is 0 Å². The molecule has 0 aromatic carbocycles. The zero-order valence-corrected chi connectivity index (χ0v) is 10.5. The van der Waals surface area contributed by atoms with E-state index in [-0.39, 0.29) is 31.3 Å². The first-order chi connectivity index (χ1) is 7.97. The molecule has 17 heavy (non-hydrogen) atoms. The second kappa shape index (κ2) is 5.86. The van der Waals surface area contributed by atoms with E-state index >= 15 is 0 Å². The smallest absolute Gasteiger partial charge is 0.317 e. The second-order valence-electron chi connectivity index (χ2n) is 4.44. The average Bonchev–Trinajstić information content (AvgIpc) is 2.66. The number of aliphatic carboxylic acids is 1. The molecule has 1 saturated heterocycles. The molecule has 2 amide bonds. The summed E-state index contributed by atoms with van der Waals surface area (Å²) in [7, 11) is 0. The highest BCUT2D eigenvalue weighted by atomic mass is 16.5. The van der Waals surface area contributed by atoms with E-state index in [4.69, 9.17) is 9.84 Å². The van der Waals surface area contributed by atoms with Gasteiger partial charge in [0.1, 0.15) is 5.92 Å². The number of carbonyl (C=O) groups is 2. The van der Waals surface area contributed by atoms with Crippen LogP contribution in [0, 0.1) is 5.92 Å². The molecule has 6 nitrogen and oxygen atoms in total. The van der Waals surface area contributed by atoms with Crippen LogP contribution in [0.3, 0.4) is 0 Å². The third-order valence-electron chi connectivity index (χ3n) is 2.78. The molecule has 1 fully saturated rings. The summed E-state index contributed by atoms with van der Waals surface area (Å²) in [6, 6.07) is -0.581. The summed E-state index contributed by atoms with van der Waals surface area (Å²) >= 11 is 0. The van der Waals surface area contributed by atoms with Gasteiger partial charge in [-0.25, -0.2) is 4.79 Å². The number of likely N-dealkylation sites (N-methyl/N-ethyl adjacent to an activating group) is 1. The molecule has 0 spiro atoms. The number of nitrogens with zero attached hydrogens (tertiary/aromatic N) is 1. The van der Waals surface area contributed by atoms with Crippen LogP contribution in [0.2, 0.25) is 0 Å². The van der Waals surface area contributed by atoms with Gasteiger partial charge in [-0.3, -0.25) is 4.79 Å². The van der Waals surface area contributed by atoms with Gasteiger partial charge >= 0.3 is 12.0 Å². The summed E-state index contributed by atoms with van der Waals surface area (Å²) < 4.78 is 5.17. The molecule has 1 rings (SSSR count). The predicted octanol–water partition coefficient (Wildman–Crippen LogP) is 0.526. The normalized spacial score (nSPS) is 23.8. The van der Waals surface area contributed by atoms with Crippen molar-refractivity contribution in [1.29, 1.82) is 0 Å². The zero-order valence-electron chi connectivity index (χ0n) is 10.5. The van der Waals surface area contributed by atoms with E-state index in [0.29, 0.717) is 6.54 Å². The number of carboxylic acids is 1. The first-order valence-electron chi connectivity index (χ1n) is 5.85. The van der Waals surface area contributed by atoms with Crippen molar-refractivity contribution in [2.45, 2.75) is 32.9 Å². The van der Waals surface area contributed by atoms with Crippen molar-refractivity contribution in [2.75, 3.05) is 19.8 Å². The van der Waals surface area contributed by atoms with Crippen molar-refractivity contribution in [2.24, 2.45) is 5.92 Å². The molecule has 0 saturated carbocycles. The lowest BCUT2D eigenvalue weighted by atomic mass is 10.0. The first kappa shape index (κ1) is 13.8. The van der Waals surface area contributed by atoms with Crippen molar-refractivity contribution in [3.05, 3.63) is 0 Å². The molecular formula is C11H20N2O4. The molecule has 1 aliphatic rings. The molecule has 0 radical (unpaired) electrons. The number of carbonyl (C=O) groups excluding carboxylic acids is 1. The van der Waals surface area contributed by atoms with Crippen LogP contribution in [0.1, 0.15) is 20.8 Å². The van der Waals surface area contributed by atoms with Gasteiger partial charge in [0.2, 0.25) is 0 Å². The Morgan fingerprint density at radius 2 is 2.12 bits per heavy atom. The largest absolute Gasteiger partial charge is 0.481 e. The number of hydrogen-bond donors (Lipinski definition) is 2. The van der Waals surface area contributed by atoms with E-state index in [2.05, 4.69) is 5.32 Å². The van der Waals surface area contributed by atoms with Crippen molar-refractivity contribution >= 4 is 12.0 Å².